The Hall–Kier alpha value is -3.28. The lowest BCUT2D eigenvalue weighted by atomic mass is 9.98. The number of phenolic OH excluding ortho intramolecular Hbond substituents is 1. The number of nitrogens with one attached hydrogen (secondary N) is 1. The van der Waals surface area contributed by atoms with E-state index in [-0.39, 0.29) is 28.3 Å². The summed E-state index contributed by atoms with van der Waals surface area (Å²) in [6.07, 6.45) is 0. The van der Waals surface area contributed by atoms with Crippen LogP contribution < -0.4 is 15.5 Å². The molecular weight excluding hydrogens is 322 g/mol. The van der Waals surface area contributed by atoms with E-state index in [1.807, 2.05) is 13.0 Å². The molecule has 1 aromatic heterocycles. The summed E-state index contributed by atoms with van der Waals surface area (Å²) in [6.45, 7) is 1.89. The summed E-state index contributed by atoms with van der Waals surface area (Å²) in [5.41, 5.74) is 1.97. The van der Waals surface area contributed by atoms with E-state index in [9.17, 15) is 14.7 Å². The summed E-state index contributed by atoms with van der Waals surface area (Å²) in [5, 5.41) is 13.0. The molecular formula is C19H15NO5. The monoisotopic (exact) mass is 337 g/mol. The topological polar surface area (TPSA) is 88.8 Å². The van der Waals surface area contributed by atoms with Gasteiger partial charge in [-0.25, -0.2) is 0 Å². The van der Waals surface area contributed by atoms with Crippen LogP contribution in [0.4, 0.5) is 0 Å². The van der Waals surface area contributed by atoms with E-state index >= 15 is 0 Å². The van der Waals surface area contributed by atoms with E-state index in [1.54, 1.807) is 24.3 Å². The summed E-state index contributed by atoms with van der Waals surface area (Å²) >= 11 is 0. The minimum Gasteiger partial charge on any atom is -0.504 e. The fraction of sp³-hybridized carbons (Fsp3) is 0.158. The molecule has 0 unspecified atom stereocenters. The Balaban J connectivity index is 1.96. The summed E-state index contributed by atoms with van der Waals surface area (Å²) in [5.74, 6) is -0.164. The first kappa shape index (κ1) is 15.3. The minimum atomic E-state index is -0.654. The quantitative estimate of drug-likeness (QED) is 0.750. The second-order valence-electron chi connectivity index (χ2n) is 6.01. The van der Waals surface area contributed by atoms with Crippen LogP contribution in [0.1, 0.15) is 33.3 Å². The molecule has 1 amide bonds. The zero-order valence-corrected chi connectivity index (χ0v) is 13.6. The maximum atomic E-state index is 13.0. The van der Waals surface area contributed by atoms with Crippen molar-refractivity contribution in [3.8, 4) is 11.5 Å². The Kier molecular flexibility index (Phi) is 3.28. The van der Waals surface area contributed by atoms with Crippen molar-refractivity contribution in [2.24, 2.45) is 0 Å². The fourth-order valence-electron chi connectivity index (χ4n) is 3.15. The molecule has 2 aromatic carbocycles. The molecule has 0 fully saturated rings. The van der Waals surface area contributed by atoms with Crippen LogP contribution in [-0.2, 0) is 0 Å². The van der Waals surface area contributed by atoms with Gasteiger partial charge in [0.05, 0.1) is 24.1 Å². The Labute approximate surface area is 142 Å². The molecule has 1 aliphatic rings. The number of aromatic hydroxyl groups is 1. The third-order valence-electron chi connectivity index (χ3n) is 4.39. The van der Waals surface area contributed by atoms with Gasteiger partial charge in [-0.15, -0.1) is 0 Å². The first-order valence-corrected chi connectivity index (χ1v) is 7.74. The van der Waals surface area contributed by atoms with Crippen molar-refractivity contribution < 1.29 is 19.1 Å². The molecule has 1 atom stereocenters. The van der Waals surface area contributed by atoms with Gasteiger partial charge in [0.25, 0.3) is 5.91 Å². The van der Waals surface area contributed by atoms with Gasteiger partial charge < -0.3 is 19.6 Å². The van der Waals surface area contributed by atoms with Crippen molar-refractivity contribution in [3.05, 3.63) is 69.1 Å². The largest absolute Gasteiger partial charge is 0.504 e. The molecule has 2 N–H and O–H groups in total. The minimum absolute atomic E-state index is 0.0167. The number of aryl methyl sites for hydroxylation is 1. The second kappa shape index (κ2) is 5.37. The molecule has 126 valence electrons. The van der Waals surface area contributed by atoms with Gasteiger partial charge in [-0.2, -0.15) is 0 Å². The number of carbonyl (C=O) groups is 1. The molecule has 3 aromatic rings. The van der Waals surface area contributed by atoms with E-state index in [4.69, 9.17) is 9.15 Å². The molecule has 1 aliphatic heterocycles. The standard InChI is InChI=1S/C19H15NO5/c1-9-3-6-13-11(7-9)17(22)15-16(20-19(23)18(15)25-13)10-4-5-12(21)14(8-10)24-2/h3-8,16,21H,1-2H3,(H,20,23)/t16-/m1/s1. The van der Waals surface area contributed by atoms with Crippen LogP contribution in [0.25, 0.3) is 11.0 Å². The van der Waals surface area contributed by atoms with E-state index in [0.717, 1.165) is 5.56 Å². The fourth-order valence-corrected chi connectivity index (χ4v) is 3.15. The first-order valence-electron chi connectivity index (χ1n) is 7.74. The zero-order chi connectivity index (χ0) is 17.7. The summed E-state index contributed by atoms with van der Waals surface area (Å²) in [7, 11) is 1.44. The van der Waals surface area contributed by atoms with E-state index in [0.29, 0.717) is 16.5 Å². The van der Waals surface area contributed by atoms with Crippen molar-refractivity contribution in [2.45, 2.75) is 13.0 Å². The highest BCUT2D eigenvalue weighted by molar-refractivity contribution is 5.99. The normalized spacial score (nSPS) is 15.9. The second-order valence-corrected chi connectivity index (χ2v) is 6.01. The molecule has 6 nitrogen and oxygen atoms in total. The van der Waals surface area contributed by atoms with Crippen molar-refractivity contribution in [1.29, 1.82) is 0 Å². The van der Waals surface area contributed by atoms with Crippen LogP contribution >= 0.6 is 0 Å². The van der Waals surface area contributed by atoms with Gasteiger partial charge in [-0.05, 0) is 36.8 Å². The SMILES string of the molecule is COc1cc([C@H]2NC(=O)c3oc4ccc(C)cc4c(=O)c32)ccc1O. The number of hydrogen-bond donors (Lipinski definition) is 2. The molecule has 6 heteroatoms. The third kappa shape index (κ3) is 2.26. The molecule has 4 rings (SSSR count). The highest BCUT2D eigenvalue weighted by Gasteiger charge is 2.36. The van der Waals surface area contributed by atoms with Gasteiger partial charge in [0, 0.05) is 0 Å². The van der Waals surface area contributed by atoms with Crippen molar-refractivity contribution in [1.82, 2.24) is 5.32 Å². The van der Waals surface area contributed by atoms with Crippen molar-refractivity contribution in [3.63, 3.8) is 0 Å². The highest BCUT2D eigenvalue weighted by Crippen LogP contribution is 2.35. The van der Waals surface area contributed by atoms with Crippen LogP contribution in [0.3, 0.4) is 0 Å². The summed E-state index contributed by atoms with van der Waals surface area (Å²) in [6, 6.07) is 9.30. The molecule has 0 radical (unpaired) electrons. The maximum Gasteiger partial charge on any atom is 0.288 e. The first-order chi connectivity index (χ1) is 12.0. The van der Waals surface area contributed by atoms with Gasteiger partial charge in [-0.3, -0.25) is 9.59 Å². The predicted octanol–water partition coefficient (Wildman–Crippen LogP) is 2.65. The van der Waals surface area contributed by atoms with Crippen LogP contribution in [-0.4, -0.2) is 18.1 Å². The lowest BCUT2D eigenvalue weighted by Crippen LogP contribution is -2.22. The molecule has 0 spiro atoms. The molecule has 2 heterocycles. The smallest absolute Gasteiger partial charge is 0.288 e. The molecule has 0 bridgehead atoms. The summed E-state index contributed by atoms with van der Waals surface area (Å²) in [4.78, 5) is 25.3. The number of benzene rings is 2. The number of ether oxygens (including phenoxy) is 1. The average molecular weight is 337 g/mol. The molecule has 0 saturated carbocycles. The lowest BCUT2D eigenvalue weighted by Gasteiger charge is -2.13. The maximum absolute atomic E-state index is 13.0. The highest BCUT2D eigenvalue weighted by atomic mass is 16.5. The van der Waals surface area contributed by atoms with Crippen molar-refractivity contribution >= 4 is 16.9 Å². The third-order valence-corrected chi connectivity index (χ3v) is 4.39. The van der Waals surface area contributed by atoms with Gasteiger partial charge in [0.2, 0.25) is 5.76 Å². The molecule has 25 heavy (non-hydrogen) atoms. The number of fused-ring (bicyclic) bond motifs is 2. The summed E-state index contributed by atoms with van der Waals surface area (Å²) < 4.78 is 10.8. The van der Waals surface area contributed by atoms with Crippen LogP contribution in [0.5, 0.6) is 11.5 Å². The number of rotatable bonds is 2. The Bertz CT molecular complexity index is 1080. The van der Waals surface area contributed by atoms with Gasteiger partial charge >= 0.3 is 0 Å². The number of methoxy groups -OCH3 is 1. The molecule has 0 aliphatic carbocycles. The zero-order valence-electron chi connectivity index (χ0n) is 13.6. The molecule has 0 saturated heterocycles. The van der Waals surface area contributed by atoms with Gasteiger partial charge in [0.15, 0.2) is 16.9 Å². The van der Waals surface area contributed by atoms with Crippen LogP contribution in [0.2, 0.25) is 0 Å². The Morgan fingerprint density at radius 1 is 1.16 bits per heavy atom. The van der Waals surface area contributed by atoms with Gasteiger partial charge in [0.1, 0.15) is 5.58 Å². The van der Waals surface area contributed by atoms with Crippen LogP contribution in [0.15, 0.2) is 45.6 Å². The predicted molar refractivity (Wildman–Crippen MR) is 91.2 cm³/mol. The van der Waals surface area contributed by atoms with Crippen LogP contribution in [0, 0.1) is 6.92 Å². The average Bonchev–Trinajstić information content (AvgIpc) is 2.93. The number of phenols is 1. The number of amides is 1. The van der Waals surface area contributed by atoms with E-state index in [2.05, 4.69) is 5.32 Å². The lowest BCUT2D eigenvalue weighted by molar-refractivity contribution is 0.0938. The Morgan fingerprint density at radius 2 is 1.96 bits per heavy atom. The number of carbonyl (C=O) groups excluding carboxylic acids is 1. The van der Waals surface area contributed by atoms with E-state index in [1.165, 1.54) is 13.2 Å². The van der Waals surface area contributed by atoms with Gasteiger partial charge in [-0.1, -0.05) is 17.7 Å². The van der Waals surface area contributed by atoms with E-state index < -0.39 is 11.9 Å². The Morgan fingerprint density at radius 3 is 2.72 bits per heavy atom. The number of hydrogen-bond acceptors (Lipinski definition) is 5. The van der Waals surface area contributed by atoms with Crippen molar-refractivity contribution in [2.75, 3.05) is 7.11 Å².